The lowest BCUT2D eigenvalue weighted by Gasteiger charge is -2.16. The third-order valence-electron chi connectivity index (χ3n) is 2.96. The predicted octanol–water partition coefficient (Wildman–Crippen LogP) is 1.07. The summed E-state index contributed by atoms with van der Waals surface area (Å²) in [6.07, 6.45) is 1.28. The highest BCUT2D eigenvalue weighted by atomic mass is 35.5. The number of amides is 1. The average molecular weight is 308 g/mol. The largest absolute Gasteiger partial charge is 0.348 e. The van der Waals surface area contributed by atoms with Crippen LogP contribution in [0.5, 0.6) is 0 Å². The SMILES string of the molecule is C[C@@H](NC(=O)Cn1ccc(=O)[nH]c1=O)c1ccccc1Cl. The van der Waals surface area contributed by atoms with E-state index in [0.717, 1.165) is 10.1 Å². The van der Waals surface area contributed by atoms with Gasteiger partial charge in [0.15, 0.2) is 0 Å². The van der Waals surface area contributed by atoms with Crippen LogP contribution in [-0.2, 0) is 11.3 Å². The van der Waals surface area contributed by atoms with Crippen LogP contribution >= 0.6 is 11.6 Å². The lowest BCUT2D eigenvalue weighted by Crippen LogP contribution is -2.36. The van der Waals surface area contributed by atoms with Crippen LogP contribution in [0.1, 0.15) is 18.5 Å². The molecule has 1 amide bonds. The van der Waals surface area contributed by atoms with Gasteiger partial charge >= 0.3 is 5.69 Å². The summed E-state index contributed by atoms with van der Waals surface area (Å²) in [5.74, 6) is -0.350. The fourth-order valence-electron chi connectivity index (χ4n) is 1.91. The van der Waals surface area contributed by atoms with E-state index < -0.39 is 11.2 Å². The molecule has 0 fully saturated rings. The molecular weight excluding hydrogens is 294 g/mol. The lowest BCUT2D eigenvalue weighted by molar-refractivity contribution is -0.122. The van der Waals surface area contributed by atoms with Crippen LogP contribution in [0.4, 0.5) is 0 Å². The van der Waals surface area contributed by atoms with Gasteiger partial charge in [0.25, 0.3) is 5.56 Å². The molecule has 1 aromatic heterocycles. The molecule has 0 aliphatic rings. The van der Waals surface area contributed by atoms with Crippen LogP contribution in [0.15, 0.2) is 46.1 Å². The zero-order valence-electron chi connectivity index (χ0n) is 11.3. The van der Waals surface area contributed by atoms with Crippen molar-refractivity contribution in [2.75, 3.05) is 0 Å². The van der Waals surface area contributed by atoms with Crippen molar-refractivity contribution in [2.45, 2.75) is 19.5 Å². The molecule has 0 spiro atoms. The van der Waals surface area contributed by atoms with Gasteiger partial charge in [-0.2, -0.15) is 0 Å². The third-order valence-corrected chi connectivity index (χ3v) is 3.30. The first-order chi connectivity index (χ1) is 9.97. The number of aromatic amines is 1. The molecule has 0 saturated carbocycles. The Kier molecular flexibility index (Phi) is 4.59. The Balaban J connectivity index is 2.07. The van der Waals surface area contributed by atoms with E-state index in [1.54, 1.807) is 19.1 Å². The lowest BCUT2D eigenvalue weighted by atomic mass is 10.1. The Labute approximate surface area is 125 Å². The molecule has 0 bridgehead atoms. The van der Waals surface area contributed by atoms with Gasteiger partial charge in [0.1, 0.15) is 6.54 Å². The maximum Gasteiger partial charge on any atom is 0.328 e. The molecule has 6 nitrogen and oxygen atoms in total. The van der Waals surface area contributed by atoms with Gasteiger partial charge in [0, 0.05) is 17.3 Å². The van der Waals surface area contributed by atoms with Gasteiger partial charge in [-0.25, -0.2) is 4.79 Å². The molecule has 21 heavy (non-hydrogen) atoms. The van der Waals surface area contributed by atoms with Gasteiger partial charge in [-0.15, -0.1) is 0 Å². The average Bonchev–Trinajstić information content (AvgIpc) is 2.42. The van der Waals surface area contributed by atoms with Gasteiger partial charge in [-0.3, -0.25) is 19.1 Å². The number of nitrogens with one attached hydrogen (secondary N) is 2. The zero-order valence-corrected chi connectivity index (χ0v) is 12.1. The van der Waals surface area contributed by atoms with E-state index in [-0.39, 0.29) is 18.5 Å². The normalized spacial score (nSPS) is 11.9. The minimum absolute atomic E-state index is 0.176. The van der Waals surface area contributed by atoms with Gasteiger partial charge in [0.05, 0.1) is 6.04 Å². The quantitative estimate of drug-likeness (QED) is 0.886. The standard InChI is InChI=1S/C14H14ClN3O3/c1-9(10-4-2-3-5-11(10)15)16-13(20)8-18-7-6-12(19)17-14(18)21/h2-7,9H,8H2,1H3,(H,16,20)(H,17,19,21)/t9-/m1/s1. The summed E-state index contributed by atoms with van der Waals surface area (Å²) in [5.41, 5.74) is -0.328. The van der Waals surface area contributed by atoms with Crippen LogP contribution in [0.3, 0.4) is 0 Å². The zero-order chi connectivity index (χ0) is 15.4. The Morgan fingerprint density at radius 2 is 2.05 bits per heavy atom. The van der Waals surface area contributed by atoms with Crippen molar-refractivity contribution >= 4 is 17.5 Å². The van der Waals surface area contributed by atoms with Crippen molar-refractivity contribution in [3.05, 3.63) is 68.0 Å². The van der Waals surface area contributed by atoms with E-state index >= 15 is 0 Å². The van der Waals surface area contributed by atoms with E-state index in [4.69, 9.17) is 11.6 Å². The molecule has 0 unspecified atom stereocenters. The maximum atomic E-state index is 11.9. The molecule has 0 aliphatic heterocycles. The summed E-state index contributed by atoms with van der Waals surface area (Å²) in [6, 6.07) is 8.10. The van der Waals surface area contributed by atoms with Gasteiger partial charge < -0.3 is 5.32 Å². The fraction of sp³-hybridized carbons (Fsp3) is 0.214. The van der Waals surface area contributed by atoms with Crippen LogP contribution in [0.2, 0.25) is 5.02 Å². The van der Waals surface area contributed by atoms with Crippen molar-refractivity contribution < 1.29 is 4.79 Å². The highest BCUT2D eigenvalue weighted by Crippen LogP contribution is 2.21. The number of benzene rings is 1. The van der Waals surface area contributed by atoms with Crippen LogP contribution in [-0.4, -0.2) is 15.5 Å². The van der Waals surface area contributed by atoms with E-state index in [2.05, 4.69) is 10.3 Å². The second kappa shape index (κ2) is 6.41. The van der Waals surface area contributed by atoms with Gasteiger partial charge in [-0.1, -0.05) is 29.8 Å². The smallest absolute Gasteiger partial charge is 0.328 e. The van der Waals surface area contributed by atoms with Crippen molar-refractivity contribution in [1.29, 1.82) is 0 Å². The number of aromatic nitrogens is 2. The first-order valence-corrected chi connectivity index (χ1v) is 6.68. The second-order valence-electron chi connectivity index (χ2n) is 4.55. The van der Waals surface area contributed by atoms with E-state index in [1.165, 1.54) is 12.3 Å². The van der Waals surface area contributed by atoms with Crippen molar-refractivity contribution in [1.82, 2.24) is 14.9 Å². The highest BCUT2D eigenvalue weighted by Gasteiger charge is 2.12. The van der Waals surface area contributed by atoms with Gasteiger partial charge in [0.2, 0.25) is 5.91 Å². The number of nitrogens with zero attached hydrogens (tertiary/aromatic N) is 1. The Hall–Kier alpha value is -2.34. The molecule has 2 aromatic rings. The summed E-state index contributed by atoms with van der Waals surface area (Å²) in [4.78, 5) is 36.5. The molecule has 7 heteroatoms. The Morgan fingerprint density at radius 1 is 1.33 bits per heavy atom. The minimum Gasteiger partial charge on any atom is -0.348 e. The molecule has 0 saturated heterocycles. The minimum atomic E-state index is -0.622. The molecular formula is C14H14ClN3O3. The summed E-state index contributed by atoms with van der Waals surface area (Å²) in [7, 11) is 0. The maximum absolute atomic E-state index is 11.9. The number of rotatable bonds is 4. The third kappa shape index (κ3) is 3.82. The summed E-state index contributed by atoms with van der Waals surface area (Å²) in [6.45, 7) is 1.62. The van der Waals surface area contributed by atoms with Crippen molar-refractivity contribution in [3.63, 3.8) is 0 Å². The summed E-state index contributed by atoms with van der Waals surface area (Å²) >= 11 is 6.06. The molecule has 2 N–H and O–H groups in total. The second-order valence-corrected chi connectivity index (χ2v) is 4.96. The topological polar surface area (TPSA) is 84.0 Å². The highest BCUT2D eigenvalue weighted by molar-refractivity contribution is 6.31. The molecule has 110 valence electrons. The number of carbonyl (C=O) groups excluding carboxylic acids is 1. The van der Waals surface area contributed by atoms with E-state index in [1.807, 2.05) is 12.1 Å². The predicted molar refractivity (Wildman–Crippen MR) is 79.3 cm³/mol. The summed E-state index contributed by atoms with van der Waals surface area (Å²) < 4.78 is 1.12. The summed E-state index contributed by atoms with van der Waals surface area (Å²) in [5, 5.41) is 3.31. The van der Waals surface area contributed by atoms with Crippen LogP contribution < -0.4 is 16.6 Å². The molecule has 0 radical (unpaired) electrons. The molecule has 1 aromatic carbocycles. The van der Waals surface area contributed by atoms with Gasteiger partial charge in [-0.05, 0) is 18.6 Å². The first kappa shape index (κ1) is 15.1. The van der Waals surface area contributed by atoms with Crippen molar-refractivity contribution in [2.24, 2.45) is 0 Å². The molecule has 2 rings (SSSR count). The number of hydrogen-bond donors (Lipinski definition) is 2. The van der Waals surface area contributed by atoms with Crippen LogP contribution in [0, 0.1) is 0 Å². The number of carbonyl (C=O) groups is 1. The Morgan fingerprint density at radius 3 is 2.71 bits per heavy atom. The van der Waals surface area contributed by atoms with E-state index in [9.17, 15) is 14.4 Å². The number of halogens is 1. The molecule has 1 heterocycles. The Bertz CT molecular complexity index is 766. The monoisotopic (exact) mass is 307 g/mol. The number of hydrogen-bond acceptors (Lipinski definition) is 3. The molecule has 0 aliphatic carbocycles. The van der Waals surface area contributed by atoms with E-state index in [0.29, 0.717) is 5.02 Å². The number of H-pyrrole nitrogens is 1. The van der Waals surface area contributed by atoms with Crippen LogP contribution in [0.25, 0.3) is 0 Å². The molecule has 1 atom stereocenters. The fourth-order valence-corrected chi connectivity index (χ4v) is 2.21. The van der Waals surface area contributed by atoms with Crippen molar-refractivity contribution in [3.8, 4) is 0 Å². The first-order valence-electron chi connectivity index (χ1n) is 6.31.